The van der Waals surface area contributed by atoms with E-state index in [1.54, 1.807) is 0 Å². The van der Waals surface area contributed by atoms with Crippen LogP contribution in [0, 0.1) is 0 Å². The Hall–Kier alpha value is -2.66. The van der Waals surface area contributed by atoms with Crippen molar-refractivity contribution in [2.75, 3.05) is 0 Å². The first-order valence-electron chi connectivity index (χ1n) is 9.01. The molecule has 2 aromatic carbocycles. The van der Waals surface area contributed by atoms with Crippen LogP contribution in [0.1, 0.15) is 43.2 Å². The van der Waals surface area contributed by atoms with Crippen LogP contribution in [0.25, 0.3) is 0 Å². The molecule has 2 N–H and O–H groups in total. The smallest absolute Gasteiger partial charge is 0.324 e. The van der Waals surface area contributed by atoms with Crippen LogP contribution in [0.4, 0.5) is 0 Å². The van der Waals surface area contributed by atoms with Gasteiger partial charge in [0.2, 0.25) is 5.91 Å². The summed E-state index contributed by atoms with van der Waals surface area (Å²) in [5, 5.41) is 2.90. The number of nitrogens with one attached hydrogen (secondary N) is 2. The highest BCUT2D eigenvalue weighted by Crippen LogP contribution is 2.05. The lowest BCUT2D eigenvalue weighted by molar-refractivity contribution is -0.151. The standard InChI is InChI=1S/C21H26N2O3/c24-20(22-16-18-10-4-1-5-11-18)14-8-3-9-15-21(25)26-23-17-19-12-6-2-7-13-19/h1-2,4-7,10-13,23H,3,8-9,14-17H2,(H,22,24). The van der Waals surface area contributed by atoms with Gasteiger partial charge >= 0.3 is 5.97 Å². The van der Waals surface area contributed by atoms with Crippen molar-refractivity contribution in [3.63, 3.8) is 0 Å². The third-order valence-corrected chi connectivity index (χ3v) is 3.92. The number of hydrogen-bond donors (Lipinski definition) is 2. The zero-order valence-electron chi connectivity index (χ0n) is 14.9. The van der Waals surface area contributed by atoms with Gasteiger partial charge in [0.15, 0.2) is 0 Å². The van der Waals surface area contributed by atoms with Gasteiger partial charge in [-0.3, -0.25) is 9.59 Å². The molecule has 0 aliphatic carbocycles. The van der Waals surface area contributed by atoms with Crippen LogP contribution in [-0.4, -0.2) is 11.9 Å². The fourth-order valence-corrected chi connectivity index (χ4v) is 2.46. The lowest BCUT2D eigenvalue weighted by Crippen LogP contribution is -2.22. The molecule has 5 heteroatoms. The van der Waals surface area contributed by atoms with Gasteiger partial charge < -0.3 is 10.2 Å². The van der Waals surface area contributed by atoms with Gasteiger partial charge in [0, 0.05) is 19.4 Å². The minimum atomic E-state index is -0.269. The van der Waals surface area contributed by atoms with Crippen molar-refractivity contribution in [1.29, 1.82) is 0 Å². The average Bonchev–Trinajstić information content (AvgIpc) is 2.68. The van der Waals surface area contributed by atoms with E-state index in [1.165, 1.54) is 0 Å². The molecule has 0 fully saturated rings. The van der Waals surface area contributed by atoms with E-state index in [1.807, 2.05) is 60.7 Å². The zero-order chi connectivity index (χ0) is 18.5. The van der Waals surface area contributed by atoms with Crippen LogP contribution in [0.3, 0.4) is 0 Å². The molecule has 26 heavy (non-hydrogen) atoms. The number of hydrogen-bond acceptors (Lipinski definition) is 4. The molecule has 0 saturated heterocycles. The van der Waals surface area contributed by atoms with E-state index in [-0.39, 0.29) is 11.9 Å². The van der Waals surface area contributed by atoms with Crippen LogP contribution in [0.2, 0.25) is 0 Å². The molecular weight excluding hydrogens is 328 g/mol. The number of carbonyl (C=O) groups is 2. The Labute approximate surface area is 154 Å². The first-order chi connectivity index (χ1) is 12.7. The Morgan fingerprint density at radius 1 is 0.731 bits per heavy atom. The van der Waals surface area contributed by atoms with Gasteiger partial charge in [-0.25, -0.2) is 0 Å². The molecule has 2 aromatic rings. The SMILES string of the molecule is O=C(CCCCCC(=O)ONCc1ccccc1)NCc1ccccc1. The van der Waals surface area contributed by atoms with Gasteiger partial charge in [0.05, 0.1) is 6.54 Å². The maximum atomic E-state index is 11.8. The second kappa shape index (κ2) is 11.8. The van der Waals surface area contributed by atoms with Crippen LogP contribution in [0.15, 0.2) is 60.7 Å². The minimum Gasteiger partial charge on any atom is -0.370 e. The lowest BCUT2D eigenvalue weighted by Gasteiger charge is -2.06. The maximum absolute atomic E-state index is 11.8. The van der Waals surface area contributed by atoms with Crippen molar-refractivity contribution in [2.24, 2.45) is 0 Å². The molecule has 138 valence electrons. The molecule has 0 spiro atoms. The molecule has 0 aliphatic rings. The normalized spacial score (nSPS) is 10.3. The predicted octanol–water partition coefficient (Wildman–Crippen LogP) is 3.50. The van der Waals surface area contributed by atoms with Gasteiger partial charge in [-0.15, -0.1) is 5.48 Å². The molecule has 0 aliphatic heterocycles. The summed E-state index contributed by atoms with van der Waals surface area (Å²) in [5.74, 6) is -0.226. The Bertz CT molecular complexity index is 659. The second-order valence-electron chi connectivity index (χ2n) is 6.10. The second-order valence-corrected chi connectivity index (χ2v) is 6.10. The van der Waals surface area contributed by atoms with Gasteiger partial charge in [0.25, 0.3) is 0 Å². The van der Waals surface area contributed by atoms with E-state index < -0.39 is 0 Å². The quantitative estimate of drug-likeness (QED) is 0.479. The topological polar surface area (TPSA) is 67.4 Å². The monoisotopic (exact) mass is 354 g/mol. The van der Waals surface area contributed by atoms with Crippen molar-refractivity contribution >= 4 is 11.9 Å². The average molecular weight is 354 g/mol. The largest absolute Gasteiger partial charge is 0.370 e. The third kappa shape index (κ3) is 8.44. The van der Waals surface area contributed by atoms with E-state index >= 15 is 0 Å². The van der Waals surface area contributed by atoms with Gasteiger partial charge in [-0.1, -0.05) is 67.1 Å². The molecule has 0 unspecified atom stereocenters. The van der Waals surface area contributed by atoms with Crippen molar-refractivity contribution in [1.82, 2.24) is 10.8 Å². The van der Waals surface area contributed by atoms with Crippen LogP contribution in [-0.2, 0) is 27.5 Å². The summed E-state index contributed by atoms with van der Waals surface area (Å²) in [7, 11) is 0. The Morgan fingerprint density at radius 2 is 1.31 bits per heavy atom. The summed E-state index contributed by atoms with van der Waals surface area (Å²) in [6.45, 7) is 1.05. The number of carbonyl (C=O) groups excluding carboxylic acids is 2. The maximum Gasteiger partial charge on any atom is 0.324 e. The van der Waals surface area contributed by atoms with Gasteiger partial charge in [0.1, 0.15) is 0 Å². The van der Waals surface area contributed by atoms with E-state index in [0.29, 0.717) is 25.9 Å². The number of unbranched alkanes of at least 4 members (excludes halogenated alkanes) is 2. The zero-order valence-corrected chi connectivity index (χ0v) is 14.9. The molecule has 0 heterocycles. The fourth-order valence-electron chi connectivity index (χ4n) is 2.46. The summed E-state index contributed by atoms with van der Waals surface area (Å²) in [6, 6.07) is 19.6. The number of hydroxylamine groups is 1. The van der Waals surface area contributed by atoms with Crippen molar-refractivity contribution in [3.05, 3.63) is 71.8 Å². The summed E-state index contributed by atoms with van der Waals surface area (Å²) >= 11 is 0. The number of rotatable bonds is 11. The highest BCUT2D eigenvalue weighted by Gasteiger charge is 2.05. The molecule has 0 saturated carbocycles. The summed E-state index contributed by atoms with van der Waals surface area (Å²) in [4.78, 5) is 28.4. The summed E-state index contributed by atoms with van der Waals surface area (Å²) in [5.41, 5.74) is 4.83. The van der Waals surface area contributed by atoms with E-state index in [0.717, 1.165) is 30.4 Å². The minimum absolute atomic E-state index is 0.0426. The fraction of sp³-hybridized carbons (Fsp3) is 0.333. The highest BCUT2D eigenvalue weighted by molar-refractivity contribution is 5.75. The molecule has 0 bridgehead atoms. The van der Waals surface area contributed by atoms with E-state index in [9.17, 15) is 9.59 Å². The predicted molar refractivity (Wildman–Crippen MR) is 101 cm³/mol. The van der Waals surface area contributed by atoms with Gasteiger partial charge in [-0.2, -0.15) is 0 Å². The van der Waals surface area contributed by atoms with Crippen LogP contribution in [0.5, 0.6) is 0 Å². The highest BCUT2D eigenvalue weighted by atomic mass is 16.7. The Morgan fingerprint density at radius 3 is 1.96 bits per heavy atom. The third-order valence-electron chi connectivity index (χ3n) is 3.92. The molecule has 0 atom stereocenters. The van der Waals surface area contributed by atoms with Gasteiger partial charge in [-0.05, 0) is 24.0 Å². The van der Waals surface area contributed by atoms with E-state index in [2.05, 4.69) is 10.8 Å². The van der Waals surface area contributed by atoms with Crippen LogP contribution >= 0.6 is 0 Å². The Balaban J connectivity index is 1.45. The molecular formula is C21H26N2O3. The Kier molecular flexibility index (Phi) is 8.94. The number of benzene rings is 2. The molecule has 5 nitrogen and oxygen atoms in total. The van der Waals surface area contributed by atoms with Crippen molar-refractivity contribution in [2.45, 2.75) is 45.2 Å². The first kappa shape index (κ1) is 19.7. The molecule has 0 aromatic heterocycles. The van der Waals surface area contributed by atoms with Crippen molar-refractivity contribution < 1.29 is 14.4 Å². The molecule has 1 amide bonds. The lowest BCUT2D eigenvalue weighted by atomic mass is 10.1. The first-order valence-corrected chi connectivity index (χ1v) is 9.01. The summed E-state index contributed by atoms with van der Waals surface area (Å²) < 4.78 is 0. The number of amides is 1. The van der Waals surface area contributed by atoms with E-state index in [4.69, 9.17) is 4.84 Å². The van der Waals surface area contributed by atoms with Crippen LogP contribution < -0.4 is 10.8 Å². The van der Waals surface area contributed by atoms with Crippen molar-refractivity contribution in [3.8, 4) is 0 Å². The molecule has 2 rings (SSSR count). The summed E-state index contributed by atoms with van der Waals surface area (Å²) in [6.07, 6.45) is 3.15. The molecule has 0 radical (unpaired) electrons.